The van der Waals surface area contributed by atoms with Gasteiger partial charge in [0.2, 0.25) is 17.6 Å². The van der Waals surface area contributed by atoms with Gasteiger partial charge in [0.1, 0.15) is 0 Å². The molecular formula is C26H31ClN4O4. The van der Waals surface area contributed by atoms with Crippen molar-refractivity contribution in [2.24, 2.45) is 5.92 Å². The lowest BCUT2D eigenvalue weighted by molar-refractivity contribution is -0.127. The summed E-state index contributed by atoms with van der Waals surface area (Å²) in [6.07, 6.45) is 1.85. The quantitative estimate of drug-likeness (QED) is 0.456. The zero-order valence-electron chi connectivity index (χ0n) is 20.3. The maximum absolute atomic E-state index is 12.9. The number of carbonyl (C=O) groups is 1. The summed E-state index contributed by atoms with van der Waals surface area (Å²) in [4.78, 5) is 19.6. The first-order valence-electron chi connectivity index (χ1n) is 11.8. The highest BCUT2D eigenvalue weighted by Crippen LogP contribution is 2.29. The lowest BCUT2D eigenvalue weighted by Gasteiger charge is -2.30. The van der Waals surface area contributed by atoms with E-state index in [1.54, 1.807) is 19.2 Å². The maximum Gasteiger partial charge on any atom is 0.241 e. The van der Waals surface area contributed by atoms with Crippen LogP contribution < -0.4 is 14.8 Å². The summed E-state index contributed by atoms with van der Waals surface area (Å²) >= 11 is 5.95. The Morgan fingerprint density at radius 3 is 2.77 bits per heavy atom. The number of nitrogens with zero attached hydrogens (tertiary/aromatic N) is 3. The minimum Gasteiger partial charge on any atom is -0.493 e. The van der Waals surface area contributed by atoms with Crippen molar-refractivity contribution in [3.05, 3.63) is 58.9 Å². The summed E-state index contributed by atoms with van der Waals surface area (Å²) in [5.74, 6) is 2.37. The van der Waals surface area contributed by atoms with Gasteiger partial charge in [0, 0.05) is 23.7 Å². The van der Waals surface area contributed by atoms with Crippen molar-refractivity contribution in [2.75, 3.05) is 20.2 Å². The van der Waals surface area contributed by atoms with E-state index in [1.165, 1.54) is 0 Å². The monoisotopic (exact) mass is 498 g/mol. The third kappa shape index (κ3) is 6.74. The Balaban J connectivity index is 1.30. The molecule has 0 radical (unpaired) electrons. The largest absolute Gasteiger partial charge is 0.493 e. The van der Waals surface area contributed by atoms with Crippen LogP contribution in [0.4, 0.5) is 0 Å². The van der Waals surface area contributed by atoms with Gasteiger partial charge in [-0.25, -0.2) is 0 Å². The molecule has 2 heterocycles. The number of piperidine rings is 1. The van der Waals surface area contributed by atoms with E-state index in [0.29, 0.717) is 47.9 Å². The molecule has 0 aliphatic carbocycles. The fourth-order valence-corrected chi connectivity index (χ4v) is 4.27. The van der Waals surface area contributed by atoms with E-state index in [9.17, 15) is 4.79 Å². The molecule has 1 aliphatic heterocycles. The molecule has 2 aromatic carbocycles. The predicted molar refractivity (Wildman–Crippen MR) is 133 cm³/mol. The standard InChI is InChI=1S/C26H31ClN4O4/c1-17(2)34-22-11-6-18(13-23(22)33-3)14-28-26(32)20-5-4-12-31(15-20)16-24-29-25(30-35-24)19-7-9-21(27)10-8-19/h6-11,13,17,20H,4-5,12,14-16H2,1-3H3,(H,28,32). The van der Waals surface area contributed by atoms with E-state index in [-0.39, 0.29) is 17.9 Å². The number of rotatable bonds is 9. The van der Waals surface area contributed by atoms with Gasteiger partial charge in [0.25, 0.3) is 0 Å². The molecule has 1 unspecified atom stereocenters. The summed E-state index contributed by atoms with van der Waals surface area (Å²) < 4.78 is 16.7. The molecule has 1 aliphatic rings. The van der Waals surface area contributed by atoms with Gasteiger partial charge < -0.3 is 19.3 Å². The van der Waals surface area contributed by atoms with Crippen LogP contribution >= 0.6 is 11.6 Å². The van der Waals surface area contributed by atoms with E-state index >= 15 is 0 Å². The number of ether oxygens (including phenoxy) is 2. The molecule has 1 N–H and O–H groups in total. The number of benzene rings is 2. The van der Waals surface area contributed by atoms with Gasteiger partial charge in [-0.1, -0.05) is 22.8 Å². The fourth-order valence-electron chi connectivity index (χ4n) is 4.15. The van der Waals surface area contributed by atoms with Gasteiger partial charge in [-0.3, -0.25) is 9.69 Å². The van der Waals surface area contributed by atoms with Crippen molar-refractivity contribution < 1.29 is 18.8 Å². The van der Waals surface area contributed by atoms with Gasteiger partial charge >= 0.3 is 0 Å². The molecular weight excluding hydrogens is 468 g/mol. The minimum atomic E-state index is -0.0900. The van der Waals surface area contributed by atoms with Crippen LogP contribution in [-0.4, -0.2) is 47.3 Å². The molecule has 1 fully saturated rings. The van der Waals surface area contributed by atoms with E-state index in [4.69, 9.17) is 25.6 Å². The van der Waals surface area contributed by atoms with Crippen LogP contribution in [-0.2, 0) is 17.9 Å². The van der Waals surface area contributed by atoms with E-state index in [2.05, 4.69) is 20.4 Å². The zero-order valence-corrected chi connectivity index (χ0v) is 21.0. The predicted octanol–water partition coefficient (Wildman–Crippen LogP) is 4.71. The first-order chi connectivity index (χ1) is 16.9. The molecule has 8 nitrogen and oxygen atoms in total. The van der Waals surface area contributed by atoms with Crippen molar-refractivity contribution in [3.8, 4) is 22.9 Å². The van der Waals surface area contributed by atoms with Crippen molar-refractivity contribution in [2.45, 2.75) is 45.9 Å². The molecule has 3 aromatic rings. The van der Waals surface area contributed by atoms with Crippen LogP contribution in [0.2, 0.25) is 5.02 Å². The number of carbonyl (C=O) groups excluding carboxylic acids is 1. The highest BCUT2D eigenvalue weighted by Gasteiger charge is 2.27. The van der Waals surface area contributed by atoms with Gasteiger partial charge in [0.05, 0.1) is 25.7 Å². The number of methoxy groups -OCH3 is 1. The molecule has 186 valence electrons. The van der Waals surface area contributed by atoms with Crippen LogP contribution in [0.15, 0.2) is 47.0 Å². The van der Waals surface area contributed by atoms with E-state index < -0.39 is 0 Å². The molecule has 1 aromatic heterocycles. The van der Waals surface area contributed by atoms with Crippen LogP contribution in [0.3, 0.4) is 0 Å². The van der Waals surface area contributed by atoms with Crippen LogP contribution in [0.25, 0.3) is 11.4 Å². The summed E-state index contributed by atoms with van der Waals surface area (Å²) in [5.41, 5.74) is 1.81. The van der Waals surface area contributed by atoms with Crippen molar-refractivity contribution in [1.82, 2.24) is 20.4 Å². The number of amides is 1. The summed E-state index contributed by atoms with van der Waals surface area (Å²) in [6.45, 7) is 6.42. The Morgan fingerprint density at radius 2 is 2.03 bits per heavy atom. The van der Waals surface area contributed by atoms with Crippen molar-refractivity contribution in [3.63, 3.8) is 0 Å². The first kappa shape index (κ1) is 25.0. The number of halogens is 1. The summed E-state index contributed by atoms with van der Waals surface area (Å²) in [5, 5.41) is 7.81. The lowest BCUT2D eigenvalue weighted by Crippen LogP contribution is -2.42. The first-order valence-corrected chi connectivity index (χ1v) is 12.2. The second-order valence-electron chi connectivity index (χ2n) is 8.96. The number of aromatic nitrogens is 2. The molecule has 0 spiro atoms. The molecule has 4 rings (SSSR count). The van der Waals surface area contributed by atoms with Crippen molar-refractivity contribution in [1.29, 1.82) is 0 Å². The van der Waals surface area contributed by atoms with Crippen molar-refractivity contribution >= 4 is 17.5 Å². The molecule has 35 heavy (non-hydrogen) atoms. The number of likely N-dealkylation sites (tertiary alicyclic amines) is 1. The van der Waals surface area contributed by atoms with Gasteiger partial charge in [0.15, 0.2) is 11.5 Å². The molecule has 9 heteroatoms. The minimum absolute atomic E-state index is 0.0450. The average molecular weight is 499 g/mol. The number of hydrogen-bond donors (Lipinski definition) is 1. The molecule has 0 saturated carbocycles. The van der Waals surface area contributed by atoms with Crippen LogP contribution in [0.5, 0.6) is 11.5 Å². The number of nitrogens with one attached hydrogen (secondary N) is 1. The molecule has 1 amide bonds. The third-order valence-electron chi connectivity index (χ3n) is 5.86. The maximum atomic E-state index is 12.9. The molecule has 1 atom stereocenters. The Hall–Kier alpha value is -3.10. The van der Waals surface area contributed by atoms with Gasteiger partial charge in [-0.15, -0.1) is 0 Å². The highest BCUT2D eigenvalue weighted by atomic mass is 35.5. The van der Waals surface area contributed by atoms with Gasteiger partial charge in [-0.2, -0.15) is 4.98 Å². The average Bonchev–Trinajstić information content (AvgIpc) is 3.31. The van der Waals surface area contributed by atoms with Crippen LogP contribution in [0.1, 0.15) is 38.1 Å². The Bertz CT molecular complexity index is 1130. The fraction of sp³-hybridized carbons (Fsp3) is 0.423. The van der Waals surface area contributed by atoms with Crippen LogP contribution in [0, 0.1) is 5.92 Å². The Morgan fingerprint density at radius 1 is 1.23 bits per heavy atom. The normalized spacial score (nSPS) is 16.3. The topological polar surface area (TPSA) is 89.7 Å². The highest BCUT2D eigenvalue weighted by molar-refractivity contribution is 6.30. The zero-order chi connectivity index (χ0) is 24.8. The smallest absolute Gasteiger partial charge is 0.241 e. The third-order valence-corrected chi connectivity index (χ3v) is 6.12. The Kier molecular flexibility index (Phi) is 8.25. The molecule has 1 saturated heterocycles. The SMILES string of the molecule is COc1cc(CNC(=O)C2CCCN(Cc3nc(-c4ccc(Cl)cc4)no3)C2)ccc1OC(C)C. The van der Waals surface area contributed by atoms with Gasteiger partial charge in [-0.05, 0) is 75.2 Å². The molecule has 0 bridgehead atoms. The summed E-state index contributed by atoms with van der Waals surface area (Å²) in [7, 11) is 1.61. The van der Waals surface area contributed by atoms with E-state index in [0.717, 1.165) is 30.5 Å². The Labute approximate surface area is 210 Å². The summed E-state index contributed by atoms with van der Waals surface area (Å²) in [6, 6.07) is 13.0. The van der Waals surface area contributed by atoms with E-state index in [1.807, 2.05) is 44.2 Å². The second kappa shape index (κ2) is 11.6. The lowest BCUT2D eigenvalue weighted by atomic mass is 9.97. The number of hydrogen-bond acceptors (Lipinski definition) is 7. The second-order valence-corrected chi connectivity index (χ2v) is 9.40.